The number of rotatable bonds is 0. The Morgan fingerprint density at radius 2 is 0.277 bits per heavy atom. The number of hydrogen-bond donors (Lipinski definition) is 0. The summed E-state index contributed by atoms with van der Waals surface area (Å²) in [6, 6.07) is 189. The van der Waals surface area contributed by atoms with E-state index in [1.54, 1.807) is 0 Å². The van der Waals surface area contributed by atoms with E-state index in [0.29, 0.717) is 0 Å². The minimum atomic E-state index is 1.05. The molecule has 0 aliphatic heterocycles. The second-order valence-electron chi connectivity index (χ2n) is 40.8. The first-order valence-electron chi connectivity index (χ1n) is 52.4. The molecule has 0 atom stereocenters. The Bertz CT molecular complexity index is 9680. The summed E-state index contributed by atoms with van der Waals surface area (Å²) >= 11 is 0. The van der Waals surface area contributed by atoms with Crippen LogP contribution in [-0.4, -0.2) is 0 Å². The van der Waals surface area contributed by atoms with Crippen LogP contribution in [0.25, 0.3) is 208 Å². The molecule has 27 aromatic carbocycles. The summed E-state index contributed by atoms with van der Waals surface area (Å²) < 4.78 is 0. The fraction of sp³-hybridized carbons (Fsp3) is 0.0541. The van der Waals surface area contributed by atoms with Crippen LogP contribution < -0.4 is 0 Å². The maximum Gasteiger partial charge on any atom is -0.000705 e. The highest BCUT2D eigenvalue weighted by molar-refractivity contribution is 6.13. The molecule has 0 saturated heterocycles. The molecule has 0 spiro atoms. The zero-order valence-electron chi connectivity index (χ0n) is 82.3. The standard InChI is InChI=1S/4C21H14.3C17H12.C13H10/c1-3-7-18-14(5-1)9-11-16-13-17-12-10-15-6-2-4-8-19(15)21(17)20(16)18;2*1-3-7-17-14(5-1)11-12-19-20(17)13-16-10-9-15-6-2-4-8-18(15)21(16)19;1-2-7-16-13-20-18(11-15(16)6-1)12-17-10-9-14-5-3-4-8-19(14)21(17)20;1-3-7-15-12(5-1)9-10-14-11-13-6-2-4-8-16(13)17(14)15;1-3-7-14-12(5-1)9-10-16-15-8-4-2-6-13(15)11-17(14)16;1-2-6-13-11-17-15(9-12(13)5-1)10-14-7-3-4-8-16(14)17;1-3-7-12-10(5-1)9-11-6-2-4-8-13(11)12/h3*1-12H,13H2;1-11,13H,12H2;2*1-10H,11H2;1-9,11H,10H2;1-8H,9H2. The van der Waals surface area contributed by atoms with Crippen LogP contribution in [0.4, 0.5) is 0 Å². The van der Waals surface area contributed by atoms with Crippen molar-refractivity contribution < 1.29 is 0 Å². The van der Waals surface area contributed by atoms with Gasteiger partial charge in [-0.2, -0.15) is 0 Å². The zero-order chi connectivity index (χ0) is 97.6. The molecule has 0 unspecified atom stereocenters. The van der Waals surface area contributed by atoms with Crippen molar-refractivity contribution in [2.45, 2.75) is 51.4 Å². The SMILES string of the molecule is c1ccc2c(c1)Cc1c-2ccc2ccccc12.c1ccc2c(c1)Cc1cc3ccccc3cc1-2.c1ccc2c(c1)Cc1ccc3ccccc3c1-2.c1ccc2c(c1)Cc1ccccc1-2.c1ccc2c3c(ccc2c1)-c1c(ccc2ccccc12)C3.c1ccc2c3c(ccc2c1)-c1c(ccc2ccccc12)C3.c1ccc2c3c(ccc2c1)Cc1ccc2ccccc2c1-3.c1ccc2cc3c(cc2c1)Cc1ccc2ccccc2c1-3. The van der Waals surface area contributed by atoms with Crippen molar-refractivity contribution in [3.8, 4) is 89.0 Å². The van der Waals surface area contributed by atoms with Crippen LogP contribution in [0.2, 0.25) is 0 Å². The van der Waals surface area contributed by atoms with Crippen molar-refractivity contribution in [2.75, 3.05) is 0 Å². The molecule has 0 amide bonds. The molecule has 8 aliphatic carbocycles. The normalized spacial score (nSPS) is 12.5. The third-order valence-corrected chi connectivity index (χ3v) is 32.4. The van der Waals surface area contributed by atoms with Gasteiger partial charge in [-0.15, -0.1) is 0 Å². The Morgan fingerprint density at radius 1 is 0.0878 bits per heavy atom. The van der Waals surface area contributed by atoms with E-state index in [4.69, 9.17) is 0 Å². The van der Waals surface area contributed by atoms with E-state index < -0.39 is 0 Å². The first-order valence-corrected chi connectivity index (χ1v) is 52.4. The number of fused-ring (bicyclic) bond motifs is 44. The van der Waals surface area contributed by atoms with E-state index in [1.807, 2.05) is 0 Å². The molecule has 0 bridgehead atoms. The zero-order valence-corrected chi connectivity index (χ0v) is 82.3. The minimum Gasteiger partial charge on any atom is -0.0619 e. The molecule has 0 heteroatoms. The van der Waals surface area contributed by atoms with E-state index in [0.717, 1.165) is 51.4 Å². The molecule has 8 aliphatic rings. The quantitative estimate of drug-likeness (QED) is 0.142. The van der Waals surface area contributed by atoms with Gasteiger partial charge in [-0.1, -0.05) is 510 Å². The van der Waals surface area contributed by atoms with Crippen molar-refractivity contribution >= 4 is 118 Å². The third kappa shape index (κ3) is 15.6. The number of benzene rings is 27. The van der Waals surface area contributed by atoms with Gasteiger partial charge >= 0.3 is 0 Å². The van der Waals surface area contributed by atoms with E-state index in [9.17, 15) is 0 Å². The van der Waals surface area contributed by atoms with Gasteiger partial charge in [0.2, 0.25) is 0 Å². The topological polar surface area (TPSA) is 0 Å². The molecular weight excluding hydrogens is 1780 g/mol. The molecule has 0 aromatic heterocycles. The maximum absolute atomic E-state index is 2.36. The molecule has 0 saturated carbocycles. The Balaban J connectivity index is 0.0000000819. The highest BCUT2D eigenvalue weighted by Gasteiger charge is 2.30. The van der Waals surface area contributed by atoms with Gasteiger partial charge in [0.1, 0.15) is 0 Å². The van der Waals surface area contributed by atoms with Gasteiger partial charge in [0.05, 0.1) is 0 Å². The first-order chi connectivity index (χ1) is 73.4. The summed E-state index contributed by atoms with van der Waals surface area (Å²) in [6.07, 6.45) is 8.56. The largest absolute Gasteiger partial charge is 0.0619 e. The van der Waals surface area contributed by atoms with Crippen molar-refractivity contribution in [3.63, 3.8) is 0 Å². The predicted octanol–water partition coefficient (Wildman–Crippen LogP) is 38.7. The van der Waals surface area contributed by atoms with Crippen LogP contribution in [0.5, 0.6) is 0 Å². The molecular formula is C148H102. The molecule has 35 rings (SSSR count). The summed E-state index contributed by atoms with van der Waals surface area (Å²) in [5.41, 5.74) is 46.2. The Kier molecular flexibility index (Phi) is 22.0. The van der Waals surface area contributed by atoms with Gasteiger partial charge in [0.25, 0.3) is 0 Å². The lowest BCUT2D eigenvalue weighted by molar-refractivity contribution is 1.26. The van der Waals surface area contributed by atoms with Gasteiger partial charge < -0.3 is 0 Å². The van der Waals surface area contributed by atoms with Gasteiger partial charge in [0.15, 0.2) is 0 Å². The van der Waals surface area contributed by atoms with Gasteiger partial charge in [-0.25, -0.2) is 0 Å². The summed E-state index contributed by atoms with van der Waals surface area (Å²) in [5, 5.41) is 29.9. The fourth-order valence-corrected chi connectivity index (χ4v) is 25.6. The minimum absolute atomic E-state index is 1.05. The molecule has 0 heterocycles. The van der Waals surface area contributed by atoms with Crippen LogP contribution in [0.3, 0.4) is 0 Å². The highest BCUT2D eigenvalue weighted by Crippen LogP contribution is 2.52. The molecule has 0 nitrogen and oxygen atoms in total. The summed E-state index contributed by atoms with van der Waals surface area (Å²) in [4.78, 5) is 0. The van der Waals surface area contributed by atoms with Crippen LogP contribution in [-0.2, 0) is 51.4 Å². The van der Waals surface area contributed by atoms with Gasteiger partial charge in [-0.05, 0) is 360 Å². The molecule has 148 heavy (non-hydrogen) atoms. The number of hydrogen-bond acceptors (Lipinski definition) is 0. The lowest BCUT2D eigenvalue weighted by Crippen LogP contribution is -1.83. The second-order valence-corrected chi connectivity index (χ2v) is 40.8. The molecule has 27 aromatic rings. The molecule has 0 radical (unpaired) electrons. The lowest BCUT2D eigenvalue weighted by Gasteiger charge is -2.09. The van der Waals surface area contributed by atoms with Crippen molar-refractivity contribution in [1.29, 1.82) is 0 Å². The first kappa shape index (κ1) is 87.6. The maximum atomic E-state index is 2.36. The summed E-state index contributed by atoms with van der Waals surface area (Å²) in [6.45, 7) is 0. The van der Waals surface area contributed by atoms with Crippen LogP contribution >= 0.6 is 0 Å². The van der Waals surface area contributed by atoms with Crippen LogP contribution in [0, 0.1) is 0 Å². The van der Waals surface area contributed by atoms with E-state index in [-0.39, 0.29) is 0 Å². The Morgan fingerprint density at radius 3 is 0.649 bits per heavy atom. The van der Waals surface area contributed by atoms with Crippen molar-refractivity contribution in [1.82, 2.24) is 0 Å². The summed E-state index contributed by atoms with van der Waals surface area (Å²) in [5.74, 6) is 0. The van der Waals surface area contributed by atoms with E-state index >= 15 is 0 Å². The molecule has 0 N–H and O–H groups in total. The van der Waals surface area contributed by atoms with Crippen molar-refractivity contribution in [3.05, 3.63) is 611 Å². The predicted molar refractivity (Wildman–Crippen MR) is 630 cm³/mol. The van der Waals surface area contributed by atoms with Gasteiger partial charge in [0, 0.05) is 0 Å². The lowest BCUT2D eigenvalue weighted by atomic mass is 9.94. The second kappa shape index (κ2) is 37.2. The van der Waals surface area contributed by atoms with Crippen molar-refractivity contribution in [2.24, 2.45) is 0 Å². The fourth-order valence-electron chi connectivity index (χ4n) is 25.6. The highest BCUT2D eigenvalue weighted by atomic mass is 14.3. The molecule has 0 fully saturated rings. The Hall–Kier alpha value is -18.2. The third-order valence-electron chi connectivity index (χ3n) is 32.4. The van der Waals surface area contributed by atoms with Gasteiger partial charge in [-0.3, -0.25) is 0 Å². The average molecular weight is 1880 g/mol. The smallest absolute Gasteiger partial charge is 0.000705 e. The van der Waals surface area contributed by atoms with E-state index in [2.05, 4.69) is 522 Å². The summed E-state index contributed by atoms with van der Waals surface area (Å²) in [7, 11) is 0. The molecule has 694 valence electrons. The van der Waals surface area contributed by atoms with E-state index in [1.165, 1.54) is 297 Å². The Labute approximate surface area is 863 Å². The van der Waals surface area contributed by atoms with Crippen LogP contribution in [0.15, 0.2) is 522 Å². The monoisotopic (exact) mass is 1880 g/mol. The average Bonchev–Trinajstić information content (AvgIpc) is 1.58. The van der Waals surface area contributed by atoms with Crippen LogP contribution in [0.1, 0.15) is 89.0 Å².